The minimum Gasteiger partial charge on any atom is -1.00 e. The van der Waals surface area contributed by atoms with Crippen molar-refractivity contribution in [1.29, 1.82) is 0 Å². The van der Waals surface area contributed by atoms with Gasteiger partial charge < -0.3 is 27.6 Å². The van der Waals surface area contributed by atoms with Gasteiger partial charge in [0, 0.05) is 19.6 Å². The lowest BCUT2D eigenvalue weighted by atomic mass is 10.2. The van der Waals surface area contributed by atoms with Crippen LogP contribution in [0.1, 0.15) is 13.3 Å². The van der Waals surface area contributed by atoms with Gasteiger partial charge in [-0.3, -0.25) is 9.28 Å². The summed E-state index contributed by atoms with van der Waals surface area (Å²) >= 11 is 0. The van der Waals surface area contributed by atoms with Gasteiger partial charge in [0.25, 0.3) is 6.23 Å². The van der Waals surface area contributed by atoms with Gasteiger partial charge in [0.1, 0.15) is 0 Å². The van der Waals surface area contributed by atoms with Crippen molar-refractivity contribution >= 4 is 11.9 Å². The van der Waals surface area contributed by atoms with Crippen molar-refractivity contribution in [3.05, 3.63) is 12.7 Å². The molecule has 2 unspecified atom stereocenters. The molecule has 0 radical (unpaired) electrons. The number of nitrogens with one attached hydrogen (secondary N) is 1. The summed E-state index contributed by atoms with van der Waals surface area (Å²) in [4.78, 5) is 22.1. The SMILES string of the molecule is C=CC(=O)NC(C)CC[N+](C)(C)C(OC)C(=O)O.[Cl-]. The quantitative estimate of drug-likeness (QED) is 0.288. The predicted octanol–water partition coefficient (Wildman–Crippen LogP) is -2.80. The predicted molar refractivity (Wildman–Crippen MR) is 67.8 cm³/mol. The van der Waals surface area contributed by atoms with Crippen LogP contribution >= 0.6 is 0 Å². The fourth-order valence-electron chi connectivity index (χ4n) is 1.70. The lowest BCUT2D eigenvalue weighted by molar-refractivity contribution is -0.927. The average Bonchev–Trinajstić information content (AvgIpc) is 2.26. The third-order valence-electron chi connectivity index (χ3n) is 2.78. The molecule has 19 heavy (non-hydrogen) atoms. The number of hydrogen-bond donors (Lipinski definition) is 2. The Morgan fingerprint density at radius 2 is 2.00 bits per heavy atom. The molecule has 0 aromatic carbocycles. The van der Waals surface area contributed by atoms with E-state index in [9.17, 15) is 9.59 Å². The molecule has 7 heteroatoms. The van der Waals surface area contributed by atoms with Crippen molar-refractivity contribution in [2.75, 3.05) is 27.7 Å². The summed E-state index contributed by atoms with van der Waals surface area (Å²) in [6.07, 6.45) is 0.957. The molecule has 2 atom stereocenters. The Balaban J connectivity index is 0. The Morgan fingerprint density at radius 1 is 1.47 bits per heavy atom. The lowest BCUT2D eigenvalue weighted by Crippen LogP contribution is -3.00. The lowest BCUT2D eigenvalue weighted by Gasteiger charge is -2.34. The molecule has 0 aliphatic heterocycles. The van der Waals surface area contributed by atoms with Gasteiger partial charge >= 0.3 is 5.97 Å². The molecular formula is C12H23ClN2O4. The van der Waals surface area contributed by atoms with Crippen LogP contribution in [0.4, 0.5) is 0 Å². The van der Waals surface area contributed by atoms with Crippen LogP contribution in [0, 0.1) is 0 Å². The molecule has 1 amide bonds. The highest BCUT2D eigenvalue weighted by atomic mass is 35.5. The van der Waals surface area contributed by atoms with Gasteiger partial charge in [0.2, 0.25) is 5.91 Å². The van der Waals surface area contributed by atoms with Gasteiger partial charge in [0.05, 0.1) is 20.6 Å². The second-order valence-electron chi connectivity index (χ2n) is 4.83. The van der Waals surface area contributed by atoms with E-state index in [0.29, 0.717) is 13.0 Å². The summed E-state index contributed by atoms with van der Waals surface area (Å²) in [5.74, 6) is -1.22. The van der Waals surface area contributed by atoms with E-state index in [1.54, 1.807) is 14.1 Å². The van der Waals surface area contributed by atoms with Gasteiger partial charge in [-0.25, -0.2) is 4.79 Å². The van der Waals surface area contributed by atoms with E-state index in [1.165, 1.54) is 13.2 Å². The fourth-order valence-corrected chi connectivity index (χ4v) is 1.70. The second-order valence-corrected chi connectivity index (χ2v) is 4.83. The molecular weight excluding hydrogens is 272 g/mol. The van der Waals surface area contributed by atoms with Crippen LogP contribution in [0.2, 0.25) is 0 Å². The number of carboxylic acid groups (broad SMARTS) is 1. The molecule has 6 nitrogen and oxygen atoms in total. The van der Waals surface area contributed by atoms with Crippen LogP contribution in [-0.2, 0) is 14.3 Å². The zero-order valence-electron chi connectivity index (χ0n) is 11.9. The van der Waals surface area contributed by atoms with Crippen molar-refractivity contribution in [1.82, 2.24) is 5.32 Å². The number of carbonyl (C=O) groups excluding carboxylic acids is 1. The molecule has 0 aliphatic carbocycles. The van der Waals surface area contributed by atoms with Crippen LogP contribution in [-0.4, -0.2) is 61.5 Å². The number of hydrogen-bond acceptors (Lipinski definition) is 3. The number of halogens is 1. The molecule has 0 heterocycles. The number of likely N-dealkylation sites (N-methyl/N-ethyl adjacent to an activating group) is 1. The molecule has 2 N–H and O–H groups in total. The van der Waals surface area contributed by atoms with Crippen LogP contribution in [0.15, 0.2) is 12.7 Å². The third kappa shape index (κ3) is 7.15. The Labute approximate surface area is 120 Å². The minimum absolute atomic E-state index is 0. The Kier molecular flexibility index (Phi) is 9.47. The van der Waals surface area contributed by atoms with Crippen molar-refractivity contribution in [3.8, 4) is 0 Å². The summed E-state index contributed by atoms with van der Waals surface area (Å²) in [7, 11) is 4.94. The van der Waals surface area contributed by atoms with Crippen LogP contribution < -0.4 is 17.7 Å². The number of carboxylic acids is 1. The highest BCUT2D eigenvalue weighted by Gasteiger charge is 2.35. The maximum Gasteiger partial charge on any atom is 0.392 e. The van der Waals surface area contributed by atoms with Crippen LogP contribution in [0.5, 0.6) is 0 Å². The van der Waals surface area contributed by atoms with Crippen molar-refractivity contribution < 1.29 is 36.3 Å². The summed E-state index contributed by atoms with van der Waals surface area (Å²) in [5, 5.41) is 11.8. The second kappa shape index (κ2) is 8.90. The zero-order valence-corrected chi connectivity index (χ0v) is 12.6. The van der Waals surface area contributed by atoms with Gasteiger partial charge in [-0.05, 0) is 13.0 Å². The van der Waals surface area contributed by atoms with Crippen LogP contribution in [0.3, 0.4) is 0 Å². The number of carbonyl (C=O) groups is 2. The van der Waals surface area contributed by atoms with E-state index in [1.807, 2.05) is 6.92 Å². The third-order valence-corrected chi connectivity index (χ3v) is 2.78. The summed E-state index contributed by atoms with van der Waals surface area (Å²) in [6.45, 7) is 5.81. The summed E-state index contributed by atoms with van der Waals surface area (Å²) in [5.41, 5.74) is 0. The Morgan fingerprint density at radius 3 is 2.37 bits per heavy atom. The highest BCUT2D eigenvalue weighted by Crippen LogP contribution is 2.10. The van der Waals surface area contributed by atoms with Gasteiger partial charge in [-0.15, -0.1) is 0 Å². The smallest absolute Gasteiger partial charge is 0.392 e. The number of amides is 1. The normalized spacial score (nSPS) is 13.9. The first-order valence-electron chi connectivity index (χ1n) is 5.75. The maximum atomic E-state index is 11.1. The number of aliphatic carboxylic acids is 1. The first-order valence-corrected chi connectivity index (χ1v) is 5.75. The number of quaternary nitrogens is 1. The zero-order chi connectivity index (χ0) is 14.3. The number of nitrogens with zero attached hydrogens (tertiary/aromatic N) is 1. The number of rotatable bonds is 8. The van der Waals surface area contributed by atoms with E-state index < -0.39 is 12.2 Å². The van der Waals surface area contributed by atoms with E-state index in [4.69, 9.17) is 9.84 Å². The Bertz CT molecular complexity index is 321. The van der Waals surface area contributed by atoms with E-state index >= 15 is 0 Å². The molecule has 0 spiro atoms. The van der Waals surface area contributed by atoms with Crippen molar-refractivity contribution in [3.63, 3.8) is 0 Å². The molecule has 0 saturated heterocycles. The number of methoxy groups -OCH3 is 1. The van der Waals surface area contributed by atoms with Crippen LogP contribution in [0.25, 0.3) is 0 Å². The maximum absolute atomic E-state index is 11.1. The first-order chi connectivity index (χ1) is 8.24. The Hall–Kier alpha value is -1.11. The van der Waals surface area contributed by atoms with Gasteiger partial charge in [-0.2, -0.15) is 0 Å². The summed E-state index contributed by atoms with van der Waals surface area (Å²) < 4.78 is 5.17. The molecule has 0 aromatic rings. The standard InChI is InChI=1S/C12H22N2O4.ClH/c1-6-10(15)13-9(2)7-8-14(3,4)11(18-5)12(16)17;/h6,9,11H,1,7-8H2,2-5H3,(H-,13,15,16,17);1H. The number of ether oxygens (including phenoxy) is 1. The molecule has 0 aliphatic rings. The van der Waals surface area contributed by atoms with E-state index in [0.717, 1.165) is 0 Å². The molecule has 0 fully saturated rings. The fraction of sp³-hybridized carbons (Fsp3) is 0.667. The van der Waals surface area contributed by atoms with Gasteiger partial charge in [-0.1, -0.05) is 6.58 Å². The molecule has 0 rings (SSSR count). The minimum atomic E-state index is -0.995. The summed E-state index contributed by atoms with van der Waals surface area (Å²) in [6, 6.07) is -0.0424. The topological polar surface area (TPSA) is 75.6 Å². The molecule has 0 aromatic heterocycles. The molecule has 0 bridgehead atoms. The monoisotopic (exact) mass is 294 g/mol. The van der Waals surface area contributed by atoms with Crippen molar-refractivity contribution in [2.45, 2.75) is 25.6 Å². The highest BCUT2D eigenvalue weighted by molar-refractivity contribution is 5.87. The van der Waals surface area contributed by atoms with E-state index in [-0.39, 0.29) is 28.8 Å². The average molecular weight is 295 g/mol. The van der Waals surface area contributed by atoms with Gasteiger partial charge in [0.15, 0.2) is 0 Å². The van der Waals surface area contributed by atoms with E-state index in [2.05, 4.69) is 11.9 Å². The molecule has 0 saturated carbocycles. The van der Waals surface area contributed by atoms with Crippen molar-refractivity contribution in [2.24, 2.45) is 0 Å². The largest absolute Gasteiger partial charge is 1.00 e. The first kappa shape index (κ1) is 20.2. The molecule has 112 valence electrons.